The lowest BCUT2D eigenvalue weighted by atomic mass is 10.0. The Morgan fingerprint density at radius 2 is 1.89 bits per heavy atom. The first-order valence-corrected chi connectivity index (χ1v) is 6.08. The highest BCUT2D eigenvalue weighted by molar-refractivity contribution is 5.92. The zero-order chi connectivity index (χ0) is 12.8. The fourth-order valence-corrected chi connectivity index (χ4v) is 1.84. The van der Waals surface area contributed by atoms with Gasteiger partial charge in [0.25, 0.3) is 5.91 Å². The number of carbonyl (C=O) groups excluding carboxylic acids is 1. The van der Waals surface area contributed by atoms with Gasteiger partial charge < -0.3 is 5.32 Å². The Labute approximate surface area is 107 Å². The SMILES string of the molecule is CC[C@@H](NC(=O)c1ccccn1)c1ccccc1. The van der Waals surface area contributed by atoms with Crippen LogP contribution in [0.2, 0.25) is 0 Å². The number of benzene rings is 1. The molecule has 1 aromatic carbocycles. The van der Waals surface area contributed by atoms with E-state index in [9.17, 15) is 4.79 Å². The zero-order valence-corrected chi connectivity index (χ0v) is 10.3. The van der Waals surface area contributed by atoms with Gasteiger partial charge in [0, 0.05) is 6.20 Å². The summed E-state index contributed by atoms with van der Waals surface area (Å²) in [5, 5.41) is 3.00. The van der Waals surface area contributed by atoms with Crippen molar-refractivity contribution in [2.24, 2.45) is 0 Å². The van der Waals surface area contributed by atoms with Gasteiger partial charge in [-0.2, -0.15) is 0 Å². The molecule has 0 radical (unpaired) electrons. The number of hydrogen-bond acceptors (Lipinski definition) is 2. The minimum absolute atomic E-state index is 0.0284. The standard InChI is InChI=1S/C15H16N2O/c1-2-13(12-8-4-3-5-9-12)17-15(18)14-10-6-7-11-16-14/h3-11,13H,2H2,1H3,(H,17,18)/t13-/m1/s1. The van der Waals surface area contributed by atoms with Crippen LogP contribution in [0.3, 0.4) is 0 Å². The van der Waals surface area contributed by atoms with E-state index >= 15 is 0 Å². The minimum atomic E-state index is -0.133. The third-order valence-electron chi connectivity index (χ3n) is 2.81. The maximum Gasteiger partial charge on any atom is 0.270 e. The number of hydrogen-bond donors (Lipinski definition) is 1. The molecule has 1 aromatic heterocycles. The highest BCUT2D eigenvalue weighted by atomic mass is 16.1. The van der Waals surface area contributed by atoms with Gasteiger partial charge in [-0.1, -0.05) is 43.3 Å². The molecule has 3 heteroatoms. The van der Waals surface area contributed by atoms with Crippen LogP contribution in [-0.4, -0.2) is 10.9 Å². The Hall–Kier alpha value is -2.16. The van der Waals surface area contributed by atoms with E-state index in [4.69, 9.17) is 0 Å². The molecule has 0 unspecified atom stereocenters. The van der Waals surface area contributed by atoms with Gasteiger partial charge in [0.05, 0.1) is 6.04 Å². The number of amides is 1. The quantitative estimate of drug-likeness (QED) is 0.892. The van der Waals surface area contributed by atoms with Crippen LogP contribution in [0.1, 0.15) is 35.4 Å². The molecular formula is C15H16N2O. The summed E-state index contributed by atoms with van der Waals surface area (Å²) < 4.78 is 0. The molecule has 2 rings (SSSR count). The number of pyridine rings is 1. The Morgan fingerprint density at radius 3 is 2.50 bits per heavy atom. The van der Waals surface area contributed by atoms with E-state index in [1.165, 1.54) is 0 Å². The smallest absolute Gasteiger partial charge is 0.270 e. The molecule has 1 heterocycles. The topological polar surface area (TPSA) is 42.0 Å². The summed E-state index contributed by atoms with van der Waals surface area (Å²) >= 11 is 0. The third-order valence-corrected chi connectivity index (χ3v) is 2.81. The second kappa shape index (κ2) is 5.96. The van der Waals surface area contributed by atoms with E-state index in [0.717, 1.165) is 12.0 Å². The van der Waals surface area contributed by atoms with Crippen molar-refractivity contribution in [1.29, 1.82) is 0 Å². The summed E-state index contributed by atoms with van der Waals surface area (Å²) in [7, 11) is 0. The maximum atomic E-state index is 12.0. The van der Waals surface area contributed by atoms with E-state index in [-0.39, 0.29) is 11.9 Å². The molecule has 18 heavy (non-hydrogen) atoms. The van der Waals surface area contributed by atoms with E-state index in [2.05, 4.69) is 17.2 Å². The number of carbonyl (C=O) groups is 1. The summed E-state index contributed by atoms with van der Waals surface area (Å²) in [5.41, 5.74) is 1.57. The summed E-state index contributed by atoms with van der Waals surface area (Å²) in [6.07, 6.45) is 2.47. The molecule has 92 valence electrons. The highest BCUT2D eigenvalue weighted by Gasteiger charge is 2.14. The van der Waals surface area contributed by atoms with Gasteiger partial charge in [-0.05, 0) is 24.1 Å². The van der Waals surface area contributed by atoms with Crippen LogP contribution in [0, 0.1) is 0 Å². The van der Waals surface area contributed by atoms with Crippen LogP contribution in [-0.2, 0) is 0 Å². The number of nitrogens with one attached hydrogen (secondary N) is 1. The molecule has 1 N–H and O–H groups in total. The highest BCUT2D eigenvalue weighted by Crippen LogP contribution is 2.16. The van der Waals surface area contributed by atoms with Crippen molar-refractivity contribution in [2.75, 3.05) is 0 Å². The van der Waals surface area contributed by atoms with Crippen molar-refractivity contribution in [1.82, 2.24) is 10.3 Å². The zero-order valence-electron chi connectivity index (χ0n) is 10.3. The second-order valence-electron chi connectivity index (χ2n) is 4.06. The largest absolute Gasteiger partial charge is 0.344 e. The number of rotatable bonds is 4. The summed E-state index contributed by atoms with van der Waals surface area (Å²) in [4.78, 5) is 16.1. The number of aromatic nitrogens is 1. The Bertz CT molecular complexity index is 496. The van der Waals surface area contributed by atoms with Gasteiger partial charge >= 0.3 is 0 Å². The van der Waals surface area contributed by atoms with Crippen LogP contribution < -0.4 is 5.32 Å². The maximum absolute atomic E-state index is 12.0. The lowest BCUT2D eigenvalue weighted by Crippen LogP contribution is -2.28. The first-order chi connectivity index (χ1) is 8.81. The van der Waals surface area contributed by atoms with Crippen LogP contribution >= 0.6 is 0 Å². The molecule has 0 aliphatic heterocycles. The third kappa shape index (κ3) is 2.94. The lowest BCUT2D eigenvalue weighted by Gasteiger charge is -2.17. The first-order valence-electron chi connectivity index (χ1n) is 6.08. The van der Waals surface area contributed by atoms with Gasteiger partial charge in [-0.3, -0.25) is 9.78 Å². The molecule has 0 spiro atoms. The molecule has 1 atom stereocenters. The predicted molar refractivity (Wildman–Crippen MR) is 71.2 cm³/mol. The molecule has 0 fully saturated rings. The Balaban J connectivity index is 2.10. The second-order valence-corrected chi connectivity index (χ2v) is 4.06. The van der Waals surface area contributed by atoms with E-state index in [1.807, 2.05) is 36.4 Å². The Morgan fingerprint density at radius 1 is 1.17 bits per heavy atom. The summed E-state index contributed by atoms with van der Waals surface area (Å²) in [5.74, 6) is -0.133. The fourth-order valence-electron chi connectivity index (χ4n) is 1.84. The molecule has 0 aliphatic rings. The average molecular weight is 240 g/mol. The summed E-state index contributed by atoms with van der Waals surface area (Å²) in [6, 6.07) is 15.3. The van der Waals surface area contributed by atoms with E-state index in [0.29, 0.717) is 5.69 Å². The van der Waals surface area contributed by atoms with Gasteiger partial charge in [0.2, 0.25) is 0 Å². The first kappa shape index (κ1) is 12.3. The molecular weight excluding hydrogens is 224 g/mol. The summed E-state index contributed by atoms with van der Waals surface area (Å²) in [6.45, 7) is 2.05. The predicted octanol–water partition coefficient (Wildman–Crippen LogP) is 2.96. The molecule has 0 aliphatic carbocycles. The van der Waals surface area contributed by atoms with Gasteiger partial charge in [0.15, 0.2) is 0 Å². The van der Waals surface area contributed by atoms with E-state index in [1.54, 1.807) is 18.3 Å². The van der Waals surface area contributed by atoms with Crippen molar-refractivity contribution >= 4 is 5.91 Å². The van der Waals surface area contributed by atoms with Crippen LogP contribution in [0.15, 0.2) is 54.7 Å². The van der Waals surface area contributed by atoms with Crippen molar-refractivity contribution in [3.8, 4) is 0 Å². The van der Waals surface area contributed by atoms with E-state index < -0.39 is 0 Å². The van der Waals surface area contributed by atoms with Crippen molar-refractivity contribution in [3.63, 3.8) is 0 Å². The Kier molecular flexibility index (Phi) is 4.07. The molecule has 3 nitrogen and oxygen atoms in total. The molecule has 2 aromatic rings. The van der Waals surface area contributed by atoms with Crippen LogP contribution in [0.4, 0.5) is 0 Å². The van der Waals surface area contributed by atoms with Crippen LogP contribution in [0.5, 0.6) is 0 Å². The molecule has 1 amide bonds. The van der Waals surface area contributed by atoms with Gasteiger partial charge in [-0.15, -0.1) is 0 Å². The van der Waals surface area contributed by atoms with Gasteiger partial charge in [-0.25, -0.2) is 0 Å². The molecule has 0 saturated carbocycles. The lowest BCUT2D eigenvalue weighted by molar-refractivity contribution is 0.0930. The van der Waals surface area contributed by atoms with Gasteiger partial charge in [0.1, 0.15) is 5.69 Å². The minimum Gasteiger partial charge on any atom is -0.344 e. The molecule has 0 saturated heterocycles. The van der Waals surface area contributed by atoms with Crippen LogP contribution in [0.25, 0.3) is 0 Å². The van der Waals surface area contributed by atoms with Crippen molar-refractivity contribution < 1.29 is 4.79 Å². The van der Waals surface area contributed by atoms with Crippen molar-refractivity contribution in [2.45, 2.75) is 19.4 Å². The van der Waals surface area contributed by atoms with Crippen molar-refractivity contribution in [3.05, 3.63) is 66.0 Å². The number of nitrogens with zero attached hydrogens (tertiary/aromatic N) is 1. The molecule has 0 bridgehead atoms. The fraction of sp³-hybridized carbons (Fsp3) is 0.200. The monoisotopic (exact) mass is 240 g/mol. The average Bonchev–Trinajstić information content (AvgIpc) is 2.46. The normalized spacial score (nSPS) is 11.8.